The van der Waals surface area contributed by atoms with E-state index in [1.807, 2.05) is 12.3 Å². The third kappa shape index (κ3) is 3.64. The Labute approximate surface area is 161 Å². The molecule has 0 radical (unpaired) electrons. The van der Waals surface area contributed by atoms with Crippen LogP contribution in [-0.4, -0.2) is 56.9 Å². The molecular weight excluding hydrogens is 363 g/mol. The first kappa shape index (κ1) is 18.6. The summed E-state index contributed by atoms with van der Waals surface area (Å²) in [5.41, 5.74) is 7.90. The Morgan fingerprint density at radius 2 is 2.25 bits per heavy atom. The molecule has 148 valence electrons. The number of rotatable bonds is 5. The van der Waals surface area contributed by atoms with Gasteiger partial charge in [-0.25, -0.2) is 13.9 Å². The largest absolute Gasteiger partial charge is 0.497 e. The minimum absolute atomic E-state index is 0.182. The van der Waals surface area contributed by atoms with E-state index >= 15 is 0 Å². The van der Waals surface area contributed by atoms with Gasteiger partial charge in [0.05, 0.1) is 18.9 Å². The summed E-state index contributed by atoms with van der Waals surface area (Å²) >= 11 is 0. The molecule has 0 amide bonds. The highest BCUT2D eigenvalue weighted by molar-refractivity contribution is 5.76. The minimum Gasteiger partial charge on any atom is -0.497 e. The number of β-amino-alcohol motifs (C(OH)–C–C–N with tert-alkyl or cyclic N) is 1. The molecule has 4 rings (SSSR count). The summed E-state index contributed by atoms with van der Waals surface area (Å²) in [6.45, 7) is 1.93. The van der Waals surface area contributed by atoms with Crippen molar-refractivity contribution in [1.29, 1.82) is 0 Å². The van der Waals surface area contributed by atoms with Gasteiger partial charge in [0.1, 0.15) is 23.4 Å². The molecule has 0 saturated carbocycles. The molecule has 1 aliphatic rings. The number of methoxy groups -OCH3 is 1. The molecule has 3 aromatic rings. The maximum absolute atomic E-state index is 14.3. The van der Waals surface area contributed by atoms with E-state index in [1.54, 1.807) is 16.6 Å². The lowest BCUT2D eigenvalue weighted by Crippen LogP contribution is -2.50. The van der Waals surface area contributed by atoms with E-state index in [0.29, 0.717) is 24.7 Å². The molecular formula is C19H23FN6O2. The van der Waals surface area contributed by atoms with Crippen molar-refractivity contribution < 1.29 is 14.2 Å². The van der Waals surface area contributed by atoms with Crippen LogP contribution < -0.4 is 15.8 Å². The van der Waals surface area contributed by atoms with Crippen molar-refractivity contribution in [2.24, 2.45) is 5.73 Å². The van der Waals surface area contributed by atoms with Gasteiger partial charge in [-0.1, -0.05) is 0 Å². The van der Waals surface area contributed by atoms with Crippen LogP contribution in [0.2, 0.25) is 0 Å². The second-order valence-electron chi connectivity index (χ2n) is 6.97. The average Bonchev–Trinajstić information content (AvgIpc) is 3.10. The smallest absolute Gasteiger partial charge is 0.158 e. The number of nitrogens with zero attached hydrogens (tertiary/aromatic N) is 4. The molecule has 1 aliphatic heterocycles. The molecule has 3 heterocycles. The Morgan fingerprint density at radius 1 is 1.39 bits per heavy atom. The monoisotopic (exact) mass is 386 g/mol. The maximum Gasteiger partial charge on any atom is 0.158 e. The van der Waals surface area contributed by atoms with Gasteiger partial charge in [-0.3, -0.25) is 4.90 Å². The van der Waals surface area contributed by atoms with Crippen molar-refractivity contribution in [2.45, 2.75) is 25.1 Å². The third-order valence-electron chi connectivity index (χ3n) is 5.08. The zero-order valence-electron chi connectivity index (χ0n) is 15.5. The second kappa shape index (κ2) is 7.70. The predicted molar refractivity (Wildman–Crippen MR) is 103 cm³/mol. The van der Waals surface area contributed by atoms with E-state index in [-0.39, 0.29) is 11.7 Å². The molecule has 0 unspecified atom stereocenters. The highest BCUT2D eigenvalue weighted by Crippen LogP contribution is 2.28. The number of anilines is 2. The van der Waals surface area contributed by atoms with E-state index in [2.05, 4.69) is 20.3 Å². The van der Waals surface area contributed by atoms with E-state index in [4.69, 9.17) is 10.5 Å². The second-order valence-corrected chi connectivity index (χ2v) is 6.97. The van der Waals surface area contributed by atoms with Crippen LogP contribution in [0.5, 0.6) is 5.75 Å². The van der Waals surface area contributed by atoms with Gasteiger partial charge in [-0.15, -0.1) is 0 Å². The summed E-state index contributed by atoms with van der Waals surface area (Å²) in [5.74, 6) is 0.637. The normalized spacial score (nSPS) is 20.4. The number of likely N-dealkylation sites (tertiary alicyclic amines) is 1. The van der Waals surface area contributed by atoms with E-state index in [0.717, 1.165) is 24.0 Å². The highest BCUT2D eigenvalue weighted by Gasteiger charge is 2.25. The number of fused-ring (bicyclic) bond motifs is 1. The van der Waals surface area contributed by atoms with Crippen LogP contribution in [-0.2, 0) is 6.54 Å². The van der Waals surface area contributed by atoms with E-state index in [9.17, 15) is 9.50 Å². The van der Waals surface area contributed by atoms with Crippen molar-refractivity contribution in [1.82, 2.24) is 19.5 Å². The predicted octanol–water partition coefficient (Wildman–Crippen LogP) is 1.51. The topological polar surface area (TPSA) is 101 Å². The number of halogens is 1. The van der Waals surface area contributed by atoms with Crippen LogP contribution >= 0.6 is 0 Å². The summed E-state index contributed by atoms with van der Waals surface area (Å²) in [5, 5.41) is 17.4. The fraction of sp³-hybridized carbons (Fsp3) is 0.368. The van der Waals surface area contributed by atoms with Crippen LogP contribution in [0.25, 0.3) is 5.52 Å². The van der Waals surface area contributed by atoms with Gasteiger partial charge in [-0.05, 0) is 30.2 Å². The van der Waals surface area contributed by atoms with Gasteiger partial charge in [0.25, 0.3) is 0 Å². The van der Waals surface area contributed by atoms with Gasteiger partial charge in [0, 0.05) is 37.9 Å². The molecule has 28 heavy (non-hydrogen) atoms. The van der Waals surface area contributed by atoms with Crippen molar-refractivity contribution in [3.63, 3.8) is 0 Å². The molecule has 2 atom stereocenters. The summed E-state index contributed by atoms with van der Waals surface area (Å²) in [6, 6.07) is 6.26. The Bertz CT molecular complexity index is 978. The van der Waals surface area contributed by atoms with E-state index in [1.165, 1.54) is 19.5 Å². The van der Waals surface area contributed by atoms with Crippen molar-refractivity contribution in [3.8, 4) is 5.75 Å². The van der Waals surface area contributed by atoms with Crippen molar-refractivity contribution >= 4 is 17.0 Å². The highest BCUT2D eigenvalue weighted by atomic mass is 19.1. The minimum atomic E-state index is -0.539. The van der Waals surface area contributed by atoms with Crippen molar-refractivity contribution in [3.05, 3.63) is 48.2 Å². The standard InChI is InChI=1S/C19H23FN6O2/c1-28-13-2-3-14(20)16(8-13)24-19-18-12(4-7-26(18)23-11-22-19)9-25-6-5-15(21)17(27)10-25/h2-4,7-8,11,15,17,27H,5-6,9-10,21H2,1H3,(H,22,23,24)/t15-,17-/m1/s1. The average molecular weight is 386 g/mol. The van der Waals surface area contributed by atoms with Crippen LogP contribution in [0, 0.1) is 5.82 Å². The van der Waals surface area contributed by atoms with Crippen LogP contribution in [0.4, 0.5) is 15.9 Å². The SMILES string of the molecule is COc1ccc(F)c(Nc2ncnn3ccc(CN4CC[C@@H](N)[C@H](O)C4)c23)c1. The first-order chi connectivity index (χ1) is 13.5. The van der Waals surface area contributed by atoms with Gasteiger partial charge in [-0.2, -0.15) is 5.10 Å². The lowest BCUT2D eigenvalue weighted by atomic mass is 10.0. The number of aliphatic hydroxyl groups excluding tert-OH is 1. The fourth-order valence-electron chi connectivity index (χ4n) is 3.49. The molecule has 0 bridgehead atoms. The van der Waals surface area contributed by atoms with Gasteiger partial charge in [0.2, 0.25) is 0 Å². The number of benzene rings is 1. The number of aromatic nitrogens is 3. The number of hydrogen-bond acceptors (Lipinski definition) is 7. The molecule has 9 heteroatoms. The summed E-state index contributed by atoms with van der Waals surface area (Å²) < 4.78 is 21.1. The quantitative estimate of drug-likeness (QED) is 0.611. The number of piperidine rings is 1. The fourth-order valence-corrected chi connectivity index (χ4v) is 3.49. The zero-order chi connectivity index (χ0) is 19.7. The van der Waals surface area contributed by atoms with Crippen LogP contribution in [0.3, 0.4) is 0 Å². The maximum atomic E-state index is 14.3. The number of hydrogen-bond donors (Lipinski definition) is 3. The lowest BCUT2D eigenvalue weighted by Gasteiger charge is -2.33. The Morgan fingerprint density at radius 3 is 3.04 bits per heavy atom. The Kier molecular flexibility index (Phi) is 5.12. The van der Waals surface area contributed by atoms with Crippen LogP contribution in [0.15, 0.2) is 36.8 Å². The first-order valence-corrected chi connectivity index (χ1v) is 9.13. The molecule has 0 aliphatic carbocycles. The number of aliphatic hydroxyl groups is 1. The van der Waals surface area contributed by atoms with Gasteiger partial charge in [0.15, 0.2) is 5.82 Å². The zero-order valence-corrected chi connectivity index (χ0v) is 15.5. The summed E-state index contributed by atoms with van der Waals surface area (Å²) in [7, 11) is 1.53. The molecule has 1 saturated heterocycles. The van der Waals surface area contributed by atoms with E-state index < -0.39 is 11.9 Å². The number of nitrogens with one attached hydrogen (secondary N) is 1. The molecule has 1 aromatic carbocycles. The molecule has 2 aromatic heterocycles. The van der Waals surface area contributed by atoms with Crippen LogP contribution in [0.1, 0.15) is 12.0 Å². The summed E-state index contributed by atoms with van der Waals surface area (Å²) in [6.07, 6.45) is 3.46. The third-order valence-corrected chi connectivity index (χ3v) is 5.08. The molecule has 1 fully saturated rings. The Hall–Kier alpha value is -2.75. The number of nitrogens with two attached hydrogens (primary N) is 1. The first-order valence-electron chi connectivity index (χ1n) is 9.13. The number of ether oxygens (including phenoxy) is 1. The molecule has 8 nitrogen and oxygen atoms in total. The molecule has 0 spiro atoms. The van der Waals surface area contributed by atoms with Crippen molar-refractivity contribution in [2.75, 3.05) is 25.5 Å². The Balaban J connectivity index is 1.64. The lowest BCUT2D eigenvalue weighted by molar-refractivity contribution is 0.0501. The van der Waals surface area contributed by atoms with Gasteiger partial charge >= 0.3 is 0 Å². The van der Waals surface area contributed by atoms with Gasteiger partial charge < -0.3 is 20.9 Å². The molecule has 4 N–H and O–H groups in total. The summed E-state index contributed by atoms with van der Waals surface area (Å²) in [4.78, 5) is 6.46.